The summed E-state index contributed by atoms with van der Waals surface area (Å²) in [6.45, 7) is 6.92. The highest BCUT2D eigenvalue weighted by Gasteiger charge is 2.37. The monoisotopic (exact) mass is 302 g/mol. The Kier molecular flexibility index (Phi) is 8.44. The van der Waals surface area contributed by atoms with Crippen LogP contribution in [0.1, 0.15) is 46.5 Å². The van der Waals surface area contributed by atoms with Gasteiger partial charge in [-0.15, -0.1) is 0 Å². The van der Waals surface area contributed by atoms with E-state index in [1.165, 1.54) is 12.0 Å². The molecule has 1 aliphatic rings. The first-order valence-corrected chi connectivity index (χ1v) is 7.82. The highest BCUT2D eigenvalue weighted by Crippen LogP contribution is 2.18. The second kappa shape index (κ2) is 9.54. The lowest BCUT2D eigenvalue weighted by molar-refractivity contribution is -0.270. The maximum atomic E-state index is 9.72. The van der Waals surface area contributed by atoms with Gasteiger partial charge >= 0.3 is 0 Å². The molecule has 21 heavy (non-hydrogen) atoms. The molecule has 1 saturated heterocycles. The third kappa shape index (κ3) is 6.89. The molecule has 1 rings (SSSR count). The summed E-state index contributed by atoms with van der Waals surface area (Å²) in [4.78, 5) is 0. The van der Waals surface area contributed by atoms with Gasteiger partial charge in [-0.3, -0.25) is 0 Å². The Morgan fingerprint density at radius 2 is 1.95 bits per heavy atom. The number of hydrogen-bond donors (Lipinski definition) is 3. The number of allylic oxidation sites excluding steroid dienone is 2. The molecule has 5 atom stereocenters. The number of hydrogen-bond acceptors (Lipinski definition) is 5. The summed E-state index contributed by atoms with van der Waals surface area (Å²) in [5.74, 6) is 0.633. The summed E-state index contributed by atoms with van der Waals surface area (Å²) >= 11 is 0. The Balaban J connectivity index is 2.12. The van der Waals surface area contributed by atoms with Crippen molar-refractivity contribution < 1.29 is 24.8 Å². The summed E-state index contributed by atoms with van der Waals surface area (Å²) in [5, 5.41) is 28.6. The zero-order chi connectivity index (χ0) is 15.8. The molecule has 5 unspecified atom stereocenters. The van der Waals surface area contributed by atoms with Gasteiger partial charge in [-0.25, -0.2) is 0 Å². The van der Waals surface area contributed by atoms with Gasteiger partial charge in [0.1, 0.15) is 18.3 Å². The molecule has 0 radical (unpaired) electrons. The van der Waals surface area contributed by atoms with Crippen LogP contribution in [0.3, 0.4) is 0 Å². The molecule has 1 heterocycles. The van der Waals surface area contributed by atoms with Crippen molar-refractivity contribution in [1.82, 2.24) is 0 Å². The average molecular weight is 302 g/mol. The Hall–Kier alpha value is -0.460. The van der Waals surface area contributed by atoms with Crippen LogP contribution in [-0.4, -0.2) is 53.1 Å². The van der Waals surface area contributed by atoms with E-state index in [4.69, 9.17) is 9.47 Å². The lowest BCUT2D eigenvalue weighted by atomic mass is 9.99. The quantitative estimate of drug-likeness (QED) is 0.469. The van der Waals surface area contributed by atoms with E-state index < -0.39 is 24.6 Å². The molecular formula is C16H30O5. The number of rotatable bonds is 8. The SMILES string of the molecule is CC(C)=CCCC(C)CCCOC1OCC(O)C(O)C1O. The van der Waals surface area contributed by atoms with Crippen LogP contribution >= 0.6 is 0 Å². The molecule has 0 aliphatic carbocycles. The predicted octanol–water partition coefficient (Wildman–Crippen LogP) is 1.60. The largest absolute Gasteiger partial charge is 0.388 e. The second-order valence-corrected chi connectivity index (χ2v) is 6.23. The van der Waals surface area contributed by atoms with E-state index in [9.17, 15) is 15.3 Å². The van der Waals surface area contributed by atoms with E-state index in [0.29, 0.717) is 12.5 Å². The van der Waals surface area contributed by atoms with Crippen LogP contribution in [-0.2, 0) is 9.47 Å². The minimum absolute atomic E-state index is 0.0119. The molecule has 5 heteroatoms. The molecule has 0 bridgehead atoms. The first-order valence-electron chi connectivity index (χ1n) is 7.82. The number of aliphatic hydroxyl groups excluding tert-OH is 3. The zero-order valence-corrected chi connectivity index (χ0v) is 13.4. The average Bonchev–Trinajstić information content (AvgIpc) is 2.42. The highest BCUT2D eigenvalue weighted by molar-refractivity contribution is 4.92. The first-order chi connectivity index (χ1) is 9.91. The van der Waals surface area contributed by atoms with Gasteiger partial charge in [-0.2, -0.15) is 0 Å². The normalized spacial score (nSPS) is 31.0. The first kappa shape index (κ1) is 18.6. The fourth-order valence-electron chi connectivity index (χ4n) is 2.36. The summed E-state index contributed by atoms with van der Waals surface area (Å²) in [6.07, 6.45) is 2.20. The molecule has 124 valence electrons. The van der Waals surface area contributed by atoms with Crippen molar-refractivity contribution in [2.24, 2.45) is 5.92 Å². The van der Waals surface area contributed by atoms with E-state index in [2.05, 4.69) is 26.8 Å². The van der Waals surface area contributed by atoms with Crippen molar-refractivity contribution in [3.63, 3.8) is 0 Å². The van der Waals surface area contributed by atoms with Gasteiger partial charge in [0, 0.05) is 6.61 Å². The van der Waals surface area contributed by atoms with Gasteiger partial charge in [-0.05, 0) is 45.4 Å². The van der Waals surface area contributed by atoms with E-state index >= 15 is 0 Å². The Labute approximate surface area is 127 Å². The third-order valence-corrected chi connectivity index (χ3v) is 3.79. The van der Waals surface area contributed by atoms with Crippen molar-refractivity contribution in [3.05, 3.63) is 11.6 Å². The summed E-state index contributed by atoms with van der Waals surface area (Å²) in [5.41, 5.74) is 1.36. The van der Waals surface area contributed by atoms with Crippen molar-refractivity contribution in [2.75, 3.05) is 13.2 Å². The summed E-state index contributed by atoms with van der Waals surface area (Å²) < 4.78 is 10.6. The lowest BCUT2D eigenvalue weighted by Crippen LogP contribution is -2.53. The van der Waals surface area contributed by atoms with Crippen LogP contribution in [0.15, 0.2) is 11.6 Å². The second-order valence-electron chi connectivity index (χ2n) is 6.23. The Bertz CT molecular complexity index is 314. The van der Waals surface area contributed by atoms with Gasteiger partial charge < -0.3 is 24.8 Å². The van der Waals surface area contributed by atoms with Crippen LogP contribution < -0.4 is 0 Å². The molecule has 1 aliphatic heterocycles. The fraction of sp³-hybridized carbons (Fsp3) is 0.875. The van der Waals surface area contributed by atoms with Crippen LogP contribution in [0.5, 0.6) is 0 Å². The highest BCUT2D eigenvalue weighted by atomic mass is 16.7. The molecular weight excluding hydrogens is 272 g/mol. The molecule has 3 N–H and O–H groups in total. The minimum atomic E-state index is -1.20. The summed E-state index contributed by atoms with van der Waals surface area (Å²) in [7, 11) is 0. The predicted molar refractivity (Wildman–Crippen MR) is 80.8 cm³/mol. The van der Waals surface area contributed by atoms with E-state index in [1.54, 1.807) is 0 Å². The molecule has 0 amide bonds. The summed E-state index contributed by atoms with van der Waals surface area (Å²) in [6, 6.07) is 0. The van der Waals surface area contributed by atoms with Crippen LogP contribution in [0.4, 0.5) is 0 Å². The molecule has 0 aromatic carbocycles. The van der Waals surface area contributed by atoms with Crippen molar-refractivity contribution >= 4 is 0 Å². The lowest BCUT2D eigenvalue weighted by Gasteiger charge is -2.34. The van der Waals surface area contributed by atoms with Gasteiger partial charge in [0.05, 0.1) is 6.61 Å². The van der Waals surface area contributed by atoms with Crippen LogP contribution in [0.25, 0.3) is 0 Å². The van der Waals surface area contributed by atoms with Crippen LogP contribution in [0, 0.1) is 5.92 Å². The Morgan fingerprint density at radius 1 is 1.24 bits per heavy atom. The van der Waals surface area contributed by atoms with E-state index in [-0.39, 0.29) is 6.61 Å². The smallest absolute Gasteiger partial charge is 0.186 e. The van der Waals surface area contributed by atoms with Gasteiger partial charge in [0.15, 0.2) is 6.29 Å². The minimum Gasteiger partial charge on any atom is -0.388 e. The maximum absolute atomic E-state index is 9.72. The van der Waals surface area contributed by atoms with Gasteiger partial charge in [-0.1, -0.05) is 18.6 Å². The Morgan fingerprint density at radius 3 is 2.62 bits per heavy atom. The number of ether oxygens (including phenoxy) is 2. The van der Waals surface area contributed by atoms with E-state index in [0.717, 1.165) is 19.3 Å². The van der Waals surface area contributed by atoms with Gasteiger partial charge in [0.25, 0.3) is 0 Å². The molecule has 5 nitrogen and oxygen atoms in total. The number of aliphatic hydroxyl groups is 3. The molecule has 1 fully saturated rings. The molecule has 0 aromatic rings. The zero-order valence-electron chi connectivity index (χ0n) is 13.4. The molecule has 0 saturated carbocycles. The maximum Gasteiger partial charge on any atom is 0.186 e. The van der Waals surface area contributed by atoms with E-state index in [1.807, 2.05) is 0 Å². The standard InChI is InChI=1S/C16H30O5/c1-11(2)6-4-7-12(3)8-5-9-20-16-15(19)14(18)13(17)10-21-16/h6,12-19H,4-5,7-10H2,1-3H3. The van der Waals surface area contributed by atoms with Crippen molar-refractivity contribution in [1.29, 1.82) is 0 Å². The molecule has 0 aromatic heterocycles. The van der Waals surface area contributed by atoms with Crippen molar-refractivity contribution in [3.8, 4) is 0 Å². The molecule has 0 spiro atoms. The van der Waals surface area contributed by atoms with Crippen LogP contribution in [0.2, 0.25) is 0 Å². The van der Waals surface area contributed by atoms with Gasteiger partial charge in [0.2, 0.25) is 0 Å². The topological polar surface area (TPSA) is 79.2 Å². The van der Waals surface area contributed by atoms with Crippen molar-refractivity contribution in [2.45, 2.75) is 71.1 Å². The third-order valence-electron chi connectivity index (χ3n) is 3.79. The fourth-order valence-corrected chi connectivity index (χ4v) is 2.36.